The van der Waals surface area contributed by atoms with E-state index in [1.54, 1.807) is 32.3 Å². The lowest BCUT2D eigenvalue weighted by molar-refractivity contribution is -0.161. The molecule has 1 atom stereocenters. The predicted octanol–water partition coefficient (Wildman–Crippen LogP) is 4.49. The summed E-state index contributed by atoms with van der Waals surface area (Å²) in [5.41, 5.74) is 1.94. The molecule has 0 amide bonds. The average molecular weight is 547 g/mol. The Morgan fingerprint density at radius 3 is 2.33 bits per heavy atom. The van der Waals surface area contributed by atoms with Crippen molar-refractivity contribution in [3.63, 3.8) is 0 Å². The van der Waals surface area contributed by atoms with E-state index in [-0.39, 0.29) is 11.4 Å². The molecule has 210 valence electrons. The number of hydrogen-bond donors (Lipinski definition) is 2. The molecule has 0 aliphatic heterocycles. The van der Waals surface area contributed by atoms with E-state index >= 15 is 0 Å². The highest BCUT2D eigenvalue weighted by molar-refractivity contribution is 5.89. The molecule has 0 bridgehead atoms. The lowest BCUT2D eigenvalue weighted by Crippen LogP contribution is -2.28. The van der Waals surface area contributed by atoms with Crippen molar-refractivity contribution in [2.24, 2.45) is 5.41 Å². The number of hydrogen-bond acceptors (Lipinski definition) is 9. The van der Waals surface area contributed by atoms with E-state index in [1.165, 1.54) is 6.33 Å². The van der Waals surface area contributed by atoms with Gasteiger partial charge in [-0.2, -0.15) is 0 Å². The Labute approximate surface area is 232 Å². The molecule has 4 rings (SSSR count). The van der Waals surface area contributed by atoms with Gasteiger partial charge in [-0.1, -0.05) is 61.9 Å². The number of carbonyl (C=O) groups is 2. The third kappa shape index (κ3) is 6.42. The Bertz CT molecular complexity index is 1450. The van der Waals surface area contributed by atoms with Gasteiger partial charge in [0.15, 0.2) is 11.5 Å². The maximum atomic E-state index is 13.2. The minimum atomic E-state index is -1.35. The number of nitrogens with zero attached hydrogens (tertiary/aromatic N) is 5. The number of carbonyl (C=O) groups excluding carboxylic acids is 2. The van der Waals surface area contributed by atoms with Crippen molar-refractivity contribution in [3.8, 4) is 22.5 Å². The third-order valence-corrected chi connectivity index (χ3v) is 6.42. The fourth-order valence-corrected chi connectivity index (χ4v) is 4.34. The molecule has 0 radical (unpaired) electrons. The molecule has 0 spiro atoms. The molecule has 2 aromatic carbocycles. The number of nitrogens with one attached hydrogen (secondary N) is 1. The molecule has 0 saturated carbocycles. The van der Waals surface area contributed by atoms with Crippen LogP contribution in [-0.4, -0.2) is 54.0 Å². The van der Waals surface area contributed by atoms with Crippen LogP contribution in [0.2, 0.25) is 0 Å². The summed E-state index contributed by atoms with van der Waals surface area (Å²) in [6.45, 7) is 8.45. The van der Waals surface area contributed by atoms with Gasteiger partial charge in [-0.25, -0.2) is 14.9 Å². The Kier molecular flexibility index (Phi) is 8.43. The van der Waals surface area contributed by atoms with Gasteiger partial charge in [-0.3, -0.25) is 4.79 Å². The normalized spacial score (nSPS) is 13.1. The van der Waals surface area contributed by atoms with Gasteiger partial charge < -0.3 is 19.1 Å². The number of aromatic nitrogens is 6. The highest BCUT2D eigenvalue weighted by Gasteiger charge is 2.33. The first-order valence-electron chi connectivity index (χ1n) is 13.1. The van der Waals surface area contributed by atoms with Crippen molar-refractivity contribution in [2.45, 2.75) is 59.6 Å². The molecule has 2 N–H and O–H groups in total. The van der Waals surface area contributed by atoms with Crippen molar-refractivity contribution < 1.29 is 24.2 Å². The van der Waals surface area contributed by atoms with Crippen LogP contribution in [0.25, 0.3) is 22.5 Å². The van der Waals surface area contributed by atoms with E-state index in [9.17, 15) is 14.7 Å². The molecule has 0 aliphatic carbocycles. The molecule has 0 fully saturated rings. The van der Waals surface area contributed by atoms with Gasteiger partial charge in [-0.05, 0) is 61.2 Å². The number of aromatic amines is 1. The summed E-state index contributed by atoms with van der Waals surface area (Å²) in [6, 6.07) is 15.7. The van der Waals surface area contributed by atoms with Gasteiger partial charge >= 0.3 is 11.9 Å². The second kappa shape index (κ2) is 11.8. The fraction of sp³-hybridized carbons (Fsp3) is 0.379. The zero-order chi connectivity index (χ0) is 28.9. The highest BCUT2D eigenvalue weighted by atomic mass is 16.7. The zero-order valence-electron chi connectivity index (χ0n) is 23.3. The molecule has 2 heterocycles. The van der Waals surface area contributed by atoms with Crippen molar-refractivity contribution in [1.82, 2.24) is 30.2 Å². The van der Waals surface area contributed by atoms with E-state index < -0.39 is 29.7 Å². The maximum absolute atomic E-state index is 13.2. The number of rotatable bonds is 10. The van der Waals surface area contributed by atoms with E-state index in [1.807, 2.05) is 55.5 Å². The summed E-state index contributed by atoms with van der Waals surface area (Å²) < 4.78 is 12.0. The molecule has 40 heavy (non-hydrogen) atoms. The number of H-pyrrole nitrogens is 1. The second-order valence-corrected chi connectivity index (χ2v) is 10.8. The van der Waals surface area contributed by atoms with Crippen molar-refractivity contribution in [3.05, 3.63) is 71.8 Å². The van der Waals surface area contributed by atoms with Crippen LogP contribution in [0.5, 0.6) is 0 Å². The first-order chi connectivity index (χ1) is 19.0. The standard InChI is InChI=1S/C29H34N6O5/c1-6-15-29(5,38)24-23(26(36)39-18-40-27(37)28(2,3)4)35(17-30-24)16-19-11-13-20(14-12-19)21-9-7-8-10-22(21)25-31-33-34-32-25/h7-14,17,38H,6,15-16,18H2,1-5H3,(H,31,32,33,34). The average Bonchev–Trinajstić information content (AvgIpc) is 3.59. The van der Waals surface area contributed by atoms with Gasteiger partial charge in [0.2, 0.25) is 6.79 Å². The lowest BCUT2D eigenvalue weighted by atomic mass is 9.95. The molecule has 0 aliphatic rings. The van der Waals surface area contributed by atoms with Gasteiger partial charge in [-0.15, -0.1) is 5.10 Å². The first kappa shape index (κ1) is 28.6. The largest absolute Gasteiger partial charge is 0.427 e. The van der Waals surface area contributed by atoms with Crippen LogP contribution in [0.4, 0.5) is 0 Å². The number of imidazole rings is 1. The first-order valence-corrected chi connectivity index (χ1v) is 13.1. The number of tetrazole rings is 1. The van der Waals surface area contributed by atoms with Gasteiger partial charge in [0.05, 0.1) is 11.7 Å². The summed E-state index contributed by atoms with van der Waals surface area (Å²) in [5, 5.41) is 25.3. The number of esters is 2. The SMILES string of the molecule is CCCC(C)(O)c1ncn(Cc2ccc(-c3ccccc3-c3nnn[nH]3)cc2)c1C(=O)OCOC(=O)C(C)(C)C. The molecule has 11 heteroatoms. The topological polar surface area (TPSA) is 145 Å². The van der Waals surface area contributed by atoms with Crippen LogP contribution in [-0.2, 0) is 26.4 Å². The fourth-order valence-electron chi connectivity index (χ4n) is 4.34. The molecule has 2 aromatic heterocycles. The van der Waals surface area contributed by atoms with Crippen molar-refractivity contribution >= 4 is 11.9 Å². The maximum Gasteiger partial charge on any atom is 0.359 e. The Hall–Kier alpha value is -4.38. The van der Waals surface area contributed by atoms with Gasteiger partial charge in [0.25, 0.3) is 0 Å². The summed E-state index contributed by atoms with van der Waals surface area (Å²) in [6.07, 6.45) is 2.60. The lowest BCUT2D eigenvalue weighted by Gasteiger charge is -2.22. The number of ether oxygens (including phenoxy) is 2. The summed E-state index contributed by atoms with van der Waals surface area (Å²) in [4.78, 5) is 29.7. The van der Waals surface area contributed by atoms with Crippen LogP contribution >= 0.6 is 0 Å². The summed E-state index contributed by atoms with van der Waals surface area (Å²) >= 11 is 0. The van der Waals surface area contributed by atoms with E-state index in [4.69, 9.17) is 9.47 Å². The van der Waals surface area contributed by atoms with Crippen molar-refractivity contribution in [2.75, 3.05) is 6.79 Å². The number of benzene rings is 2. The van der Waals surface area contributed by atoms with E-state index in [2.05, 4.69) is 25.6 Å². The van der Waals surface area contributed by atoms with Crippen LogP contribution in [0.1, 0.15) is 69.2 Å². The number of aliphatic hydroxyl groups is 1. The Balaban J connectivity index is 1.58. The monoisotopic (exact) mass is 546 g/mol. The Morgan fingerprint density at radius 1 is 1.00 bits per heavy atom. The molecular weight excluding hydrogens is 512 g/mol. The summed E-state index contributed by atoms with van der Waals surface area (Å²) in [7, 11) is 0. The van der Waals surface area contributed by atoms with E-state index in [0.717, 1.165) is 22.3 Å². The van der Waals surface area contributed by atoms with Crippen LogP contribution in [0.15, 0.2) is 54.9 Å². The van der Waals surface area contributed by atoms with E-state index in [0.29, 0.717) is 25.2 Å². The summed E-state index contributed by atoms with van der Waals surface area (Å²) in [5.74, 6) is -0.661. The highest BCUT2D eigenvalue weighted by Crippen LogP contribution is 2.31. The molecule has 11 nitrogen and oxygen atoms in total. The Morgan fingerprint density at radius 2 is 1.70 bits per heavy atom. The minimum Gasteiger partial charge on any atom is -0.427 e. The van der Waals surface area contributed by atoms with Gasteiger partial charge in [0.1, 0.15) is 11.3 Å². The van der Waals surface area contributed by atoms with Crippen LogP contribution in [0.3, 0.4) is 0 Å². The predicted molar refractivity (Wildman–Crippen MR) is 147 cm³/mol. The minimum absolute atomic E-state index is 0.109. The van der Waals surface area contributed by atoms with Crippen molar-refractivity contribution in [1.29, 1.82) is 0 Å². The molecule has 1 unspecified atom stereocenters. The molecule has 0 saturated heterocycles. The zero-order valence-corrected chi connectivity index (χ0v) is 23.3. The van der Waals surface area contributed by atoms with Crippen LogP contribution in [0, 0.1) is 5.41 Å². The molecule has 4 aromatic rings. The van der Waals surface area contributed by atoms with Crippen LogP contribution < -0.4 is 0 Å². The molecular formula is C29H34N6O5. The smallest absolute Gasteiger partial charge is 0.359 e. The van der Waals surface area contributed by atoms with Gasteiger partial charge in [0, 0.05) is 12.1 Å². The quantitative estimate of drug-likeness (QED) is 0.217. The second-order valence-electron chi connectivity index (χ2n) is 10.8. The third-order valence-electron chi connectivity index (χ3n) is 6.42.